The number of methoxy groups -OCH3 is 2. The van der Waals surface area contributed by atoms with Crippen LogP contribution < -0.4 is 0 Å². The first-order valence-corrected chi connectivity index (χ1v) is 6.01. The molecule has 0 bridgehead atoms. The Balaban J connectivity index is 2.17. The Bertz CT molecular complexity index is 229. The number of ether oxygens (including phenoxy) is 3. The van der Waals surface area contributed by atoms with E-state index in [4.69, 9.17) is 14.2 Å². The van der Waals surface area contributed by atoms with E-state index in [1.807, 2.05) is 7.05 Å². The Labute approximate surface area is 103 Å². The minimum absolute atomic E-state index is 0.0802. The molecule has 0 aromatic heterocycles. The third-order valence-corrected chi connectivity index (χ3v) is 3.14. The molecule has 1 aliphatic heterocycles. The molecule has 1 atom stereocenters. The number of likely N-dealkylation sites (tertiary alicyclic amines) is 1. The molecule has 0 spiro atoms. The van der Waals surface area contributed by atoms with Crippen LogP contribution in [0, 0.1) is 5.92 Å². The van der Waals surface area contributed by atoms with Gasteiger partial charge in [-0.25, -0.2) is 0 Å². The second-order valence-electron chi connectivity index (χ2n) is 4.59. The molecule has 100 valence electrons. The van der Waals surface area contributed by atoms with Crippen molar-refractivity contribution in [2.75, 3.05) is 47.6 Å². The van der Waals surface area contributed by atoms with Crippen LogP contribution in [0.15, 0.2) is 0 Å². The summed E-state index contributed by atoms with van der Waals surface area (Å²) in [4.78, 5) is 13.8. The van der Waals surface area contributed by atoms with Gasteiger partial charge in [-0.2, -0.15) is 0 Å². The second kappa shape index (κ2) is 7.63. The fourth-order valence-corrected chi connectivity index (χ4v) is 1.90. The SMILES string of the molecule is COCC(COC)CC(=O)OCC1CCN1C. The summed E-state index contributed by atoms with van der Waals surface area (Å²) in [6.45, 7) is 2.64. The van der Waals surface area contributed by atoms with E-state index in [1.165, 1.54) is 0 Å². The van der Waals surface area contributed by atoms with Crippen LogP contribution in [0.2, 0.25) is 0 Å². The van der Waals surface area contributed by atoms with Crippen molar-refractivity contribution in [1.82, 2.24) is 4.90 Å². The van der Waals surface area contributed by atoms with E-state index in [2.05, 4.69) is 4.90 Å². The van der Waals surface area contributed by atoms with Crippen molar-refractivity contribution < 1.29 is 19.0 Å². The first-order valence-electron chi connectivity index (χ1n) is 6.01. The van der Waals surface area contributed by atoms with E-state index in [0.717, 1.165) is 13.0 Å². The van der Waals surface area contributed by atoms with Crippen LogP contribution in [0.4, 0.5) is 0 Å². The van der Waals surface area contributed by atoms with Crippen molar-refractivity contribution in [3.63, 3.8) is 0 Å². The lowest BCUT2D eigenvalue weighted by atomic mass is 10.1. The zero-order valence-corrected chi connectivity index (χ0v) is 11.0. The fourth-order valence-electron chi connectivity index (χ4n) is 1.90. The Morgan fingerprint density at radius 3 is 2.41 bits per heavy atom. The predicted molar refractivity (Wildman–Crippen MR) is 63.9 cm³/mol. The van der Waals surface area contributed by atoms with E-state index in [-0.39, 0.29) is 11.9 Å². The van der Waals surface area contributed by atoms with Gasteiger partial charge in [0.15, 0.2) is 0 Å². The molecule has 5 heteroatoms. The maximum absolute atomic E-state index is 11.6. The molecular formula is C12H23NO4. The van der Waals surface area contributed by atoms with Crippen molar-refractivity contribution in [2.45, 2.75) is 18.9 Å². The number of hydrogen-bond acceptors (Lipinski definition) is 5. The van der Waals surface area contributed by atoms with Crippen molar-refractivity contribution in [2.24, 2.45) is 5.92 Å². The summed E-state index contributed by atoms with van der Waals surface area (Å²) < 4.78 is 15.3. The van der Waals surface area contributed by atoms with Crippen molar-refractivity contribution in [3.05, 3.63) is 0 Å². The summed E-state index contributed by atoms with van der Waals surface area (Å²) in [5.74, 6) is -0.0824. The zero-order chi connectivity index (χ0) is 12.7. The average molecular weight is 245 g/mol. The maximum Gasteiger partial charge on any atom is 0.306 e. The van der Waals surface area contributed by atoms with Gasteiger partial charge in [-0.15, -0.1) is 0 Å². The molecule has 0 aromatic carbocycles. The predicted octanol–water partition coefficient (Wildman–Crippen LogP) is 0.533. The molecule has 1 fully saturated rings. The van der Waals surface area contributed by atoms with Crippen molar-refractivity contribution in [1.29, 1.82) is 0 Å². The smallest absolute Gasteiger partial charge is 0.306 e. The summed E-state index contributed by atoms with van der Waals surface area (Å²) in [6, 6.07) is 0.405. The molecule has 0 aromatic rings. The molecule has 0 saturated carbocycles. The van der Waals surface area contributed by atoms with E-state index in [0.29, 0.717) is 32.3 Å². The Hall–Kier alpha value is -0.650. The standard InChI is InChI=1S/C12H23NO4/c1-13-5-4-11(13)9-17-12(14)6-10(7-15-2)8-16-3/h10-11H,4-9H2,1-3H3. The summed E-state index contributed by atoms with van der Waals surface area (Å²) in [5, 5.41) is 0. The van der Waals surface area contributed by atoms with Gasteiger partial charge in [-0.05, 0) is 20.0 Å². The lowest BCUT2D eigenvalue weighted by Crippen LogP contribution is -2.47. The first-order chi connectivity index (χ1) is 8.17. The molecule has 1 aliphatic rings. The number of nitrogens with zero attached hydrogens (tertiary/aromatic N) is 1. The molecule has 1 unspecified atom stereocenters. The third kappa shape index (κ3) is 5.02. The molecule has 17 heavy (non-hydrogen) atoms. The zero-order valence-electron chi connectivity index (χ0n) is 11.0. The van der Waals surface area contributed by atoms with Crippen LogP contribution in [0.5, 0.6) is 0 Å². The van der Waals surface area contributed by atoms with Crippen LogP contribution in [-0.4, -0.2) is 64.5 Å². The van der Waals surface area contributed by atoms with Crippen LogP contribution in [0.1, 0.15) is 12.8 Å². The minimum Gasteiger partial charge on any atom is -0.464 e. The molecule has 1 heterocycles. The van der Waals surface area contributed by atoms with E-state index in [9.17, 15) is 4.79 Å². The Morgan fingerprint density at radius 2 is 2.00 bits per heavy atom. The summed E-state index contributed by atoms with van der Waals surface area (Å²) in [6.07, 6.45) is 1.47. The number of carbonyl (C=O) groups is 1. The van der Waals surface area contributed by atoms with Gasteiger partial charge in [-0.3, -0.25) is 9.69 Å². The highest BCUT2D eigenvalue weighted by Gasteiger charge is 2.25. The van der Waals surface area contributed by atoms with Crippen LogP contribution in [-0.2, 0) is 19.0 Å². The largest absolute Gasteiger partial charge is 0.464 e. The molecular weight excluding hydrogens is 222 g/mol. The minimum atomic E-state index is -0.163. The lowest BCUT2D eigenvalue weighted by molar-refractivity contribution is -0.148. The van der Waals surface area contributed by atoms with Crippen molar-refractivity contribution in [3.8, 4) is 0 Å². The number of esters is 1. The van der Waals surface area contributed by atoms with E-state index >= 15 is 0 Å². The van der Waals surface area contributed by atoms with Crippen LogP contribution in [0.25, 0.3) is 0 Å². The maximum atomic E-state index is 11.6. The summed E-state index contributed by atoms with van der Waals surface area (Å²) in [5.41, 5.74) is 0. The number of hydrogen-bond donors (Lipinski definition) is 0. The van der Waals surface area contributed by atoms with Gasteiger partial charge in [-0.1, -0.05) is 0 Å². The van der Waals surface area contributed by atoms with E-state index < -0.39 is 0 Å². The highest BCUT2D eigenvalue weighted by molar-refractivity contribution is 5.69. The summed E-state index contributed by atoms with van der Waals surface area (Å²) >= 11 is 0. The Morgan fingerprint density at radius 1 is 1.35 bits per heavy atom. The van der Waals surface area contributed by atoms with Gasteiger partial charge in [0.25, 0.3) is 0 Å². The number of carbonyl (C=O) groups excluding carboxylic acids is 1. The topological polar surface area (TPSA) is 48.0 Å². The molecule has 0 radical (unpaired) electrons. The number of likely N-dealkylation sites (N-methyl/N-ethyl adjacent to an activating group) is 1. The van der Waals surface area contributed by atoms with Crippen LogP contribution in [0.3, 0.4) is 0 Å². The Kier molecular flexibility index (Phi) is 6.47. The van der Waals surface area contributed by atoms with Gasteiger partial charge in [0.1, 0.15) is 6.61 Å². The quantitative estimate of drug-likeness (QED) is 0.584. The summed E-state index contributed by atoms with van der Waals surface area (Å²) in [7, 11) is 5.29. The molecule has 0 amide bonds. The monoisotopic (exact) mass is 245 g/mol. The molecule has 1 rings (SSSR count). The second-order valence-corrected chi connectivity index (χ2v) is 4.59. The lowest BCUT2D eigenvalue weighted by Gasteiger charge is -2.37. The van der Waals surface area contributed by atoms with Gasteiger partial charge < -0.3 is 14.2 Å². The van der Waals surface area contributed by atoms with Gasteiger partial charge >= 0.3 is 5.97 Å². The molecule has 1 saturated heterocycles. The van der Waals surface area contributed by atoms with Crippen LogP contribution >= 0.6 is 0 Å². The highest BCUT2D eigenvalue weighted by Crippen LogP contribution is 2.15. The first kappa shape index (κ1) is 14.4. The fraction of sp³-hybridized carbons (Fsp3) is 0.917. The van der Waals surface area contributed by atoms with E-state index in [1.54, 1.807) is 14.2 Å². The average Bonchev–Trinajstić information content (AvgIpc) is 2.28. The molecule has 5 nitrogen and oxygen atoms in total. The molecule has 0 aliphatic carbocycles. The number of rotatable bonds is 8. The van der Waals surface area contributed by atoms with Gasteiger partial charge in [0.2, 0.25) is 0 Å². The van der Waals surface area contributed by atoms with Gasteiger partial charge in [0.05, 0.1) is 19.6 Å². The highest BCUT2D eigenvalue weighted by atomic mass is 16.5. The third-order valence-electron chi connectivity index (χ3n) is 3.14. The van der Waals surface area contributed by atoms with Gasteiger partial charge in [0, 0.05) is 26.2 Å². The normalized spacial score (nSPS) is 20.4. The van der Waals surface area contributed by atoms with Crippen molar-refractivity contribution >= 4 is 5.97 Å². The molecule has 0 N–H and O–H groups in total.